The number of thioether (sulfide) groups is 1. The first-order valence-electron chi connectivity index (χ1n) is 11.4. The highest BCUT2D eigenvalue weighted by molar-refractivity contribution is 8.01. The molecule has 0 atom stereocenters. The predicted molar refractivity (Wildman–Crippen MR) is 142 cm³/mol. The van der Waals surface area contributed by atoms with E-state index in [0.29, 0.717) is 22.6 Å². The Bertz CT molecular complexity index is 1310. The van der Waals surface area contributed by atoms with Crippen LogP contribution in [0.25, 0.3) is 11.8 Å². The molecule has 184 valence electrons. The van der Waals surface area contributed by atoms with Crippen LogP contribution in [0.15, 0.2) is 102 Å². The van der Waals surface area contributed by atoms with Crippen LogP contribution in [0.3, 0.4) is 0 Å². The van der Waals surface area contributed by atoms with Gasteiger partial charge in [-0.15, -0.1) is 23.1 Å². The first kappa shape index (κ1) is 27.8. The second-order valence-corrected chi connectivity index (χ2v) is 9.94. The van der Waals surface area contributed by atoms with Crippen molar-refractivity contribution in [2.75, 3.05) is 12.4 Å². The Morgan fingerprint density at radius 3 is 2.25 bits per heavy atom. The van der Waals surface area contributed by atoms with Gasteiger partial charge in [0.15, 0.2) is 12.4 Å². The van der Waals surface area contributed by atoms with E-state index in [2.05, 4.69) is 24.3 Å². The number of pyridine rings is 1. The molecule has 0 aliphatic carbocycles. The number of halogens is 1. The first-order valence-corrected chi connectivity index (χ1v) is 13.2. The summed E-state index contributed by atoms with van der Waals surface area (Å²) in [6.45, 7) is 2.08. The van der Waals surface area contributed by atoms with E-state index in [4.69, 9.17) is 4.74 Å². The van der Waals surface area contributed by atoms with Crippen LogP contribution < -0.4 is 28.5 Å². The standard InChI is InChI=1S/C29H26NO3S2.HI/c1-2-33-25(31)21-24-26(30-18-10-5-11-19-30)29(34-20-12-15-22-13-6-3-7-14-22)35-28(24)27(32)23-16-8-4-9-17-23;/h3-19H,2,20-21H2,1H3;1H/q+1;/p-1/b15-12+;. The number of carbonyl (C=O) groups is 2. The maximum Gasteiger partial charge on any atom is 0.310 e. The Labute approximate surface area is 237 Å². The van der Waals surface area contributed by atoms with Crippen molar-refractivity contribution in [1.82, 2.24) is 0 Å². The zero-order valence-corrected chi connectivity index (χ0v) is 23.6. The van der Waals surface area contributed by atoms with E-state index in [1.54, 1.807) is 30.8 Å². The molecule has 0 N–H and O–H groups in total. The third-order valence-corrected chi connectivity index (χ3v) is 7.64. The zero-order chi connectivity index (χ0) is 24.5. The molecule has 0 amide bonds. The van der Waals surface area contributed by atoms with E-state index >= 15 is 0 Å². The summed E-state index contributed by atoms with van der Waals surface area (Å²) in [5, 5.41) is 0. The van der Waals surface area contributed by atoms with Gasteiger partial charge in [0.1, 0.15) is 4.21 Å². The van der Waals surface area contributed by atoms with Crippen molar-refractivity contribution in [3.05, 3.63) is 119 Å². The van der Waals surface area contributed by atoms with Gasteiger partial charge in [-0.2, -0.15) is 4.57 Å². The third-order valence-electron chi connectivity index (χ3n) is 5.21. The second kappa shape index (κ2) is 14.1. The van der Waals surface area contributed by atoms with Gasteiger partial charge in [0, 0.05) is 23.4 Å². The lowest BCUT2D eigenvalue weighted by Crippen LogP contribution is -3.00. The summed E-state index contributed by atoms with van der Waals surface area (Å²) in [4.78, 5) is 26.7. The van der Waals surface area contributed by atoms with Gasteiger partial charge in [0.25, 0.3) is 0 Å². The second-order valence-electron chi connectivity index (χ2n) is 7.63. The summed E-state index contributed by atoms with van der Waals surface area (Å²) in [5.74, 6) is 0.304. The smallest absolute Gasteiger partial charge is 0.310 e. The Hall–Kier alpha value is -2.75. The van der Waals surface area contributed by atoms with E-state index in [1.165, 1.54) is 11.3 Å². The average molecular weight is 628 g/mol. The molecular weight excluding hydrogens is 601 g/mol. The molecule has 4 nitrogen and oxygen atoms in total. The number of esters is 1. The van der Waals surface area contributed by atoms with Crippen LogP contribution in [0.5, 0.6) is 0 Å². The topological polar surface area (TPSA) is 47.3 Å². The van der Waals surface area contributed by atoms with Crippen molar-refractivity contribution in [1.29, 1.82) is 0 Å². The van der Waals surface area contributed by atoms with Crippen molar-refractivity contribution >= 4 is 40.9 Å². The summed E-state index contributed by atoms with van der Waals surface area (Å²) in [5.41, 5.74) is 3.30. The van der Waals surface area contributed by atoms with Gasteiger partial charge in [0.05, 0.1) is 23.5 Å². The molecular formula is C29H26INO3S2. The van der Waals surface area contributed by atoms with Gasteiger partial charge in [0.2, 0.25) is 11.5 Å². The number of nitrogens with zero attached hydrogens (tertiary/aromatic N) is 1. The number of carbonyl (C=O) groups excluding carboxylic acids is 2. The van der Waals surface area contributed by atoms with Gasteiger partial charge >= 0.3 is 5.97 Å². The maximum absolute atomic E-state index is 13.5. The van der Waals surface area contributed by atoms with Crippen LogP contribution >= 0.6 is 23.1 Å². The van der Waals surface area contributed by atoms with Gasteiger partial charge in [-0.1, -0.05) is 78.9 Å². The highest BCUT2D eigenvalue weighted by atomic mass is 127. The predicted octanol–water partition coefficient (Wildman–Crippen LogP) is 3.17. The lowest BCUT2D eigenvalue weighted by Gasteiger charge is -2.05. The van der Waals surface area contributed by atoms with Crippen LogP contribution in [-0.2, 0) is 16.0 Å². The quantitative estimate of drug-likeness (QED) is 0.0892. The van der Waals surface area contributed by atoms with Crippen LogP contribution in [0.4, 0.5) is 0 Å². The van der Waals surface area contributed by atoms with Crippen LogP contribution in [0.2, 0.25) is 0 Å². The Morgan fingerprint density at radius 1 is 0.944 bits per heavy atom. The number of thiophene rings is 1. The molecule has 7 heteroatoms. The normalized spacial score (nSPS) is 10.7. The molecule has 2 heterocycles. The molecule has 0 aliphatic heterocycles. The monoisotopic (exact) mass is 627 g/mol. The Balaban J connectivity index is 0.00000361. The minimum Gasteiger partial charge on any atom is -1.00 e. The van der Waals surface area contributed by atoms with E-state index in [0.717, 1.165) is 21.2 Å². The molecule has 0 aliphatic rings. The van der Waals surface area contributed by atoms with Gasteiger partial charge < -0.3 is 28.7 Å². The van der Waals surface area contributed by atoms with Crippen LogP contribution in [-0.4, -0.2) is 24.1 Å². The minimum atomic E-state index is -0.342. The van der Waals surface area contributed by atoms with Crippen molar-refractivity contribution in [2.24, 2.45) is 0 Å². The molecule has 0 saturated heterocycles. The Morgan fingerprint density at radius 2 is 1.58 bits per heavy atom. The van der Waals surface area contributed by atoms with Crippen molar-refractivity contribution in [3.8, 4) is 5.69 Å². The molecule has 4 aromatic rings. The van der Waals surface area contributed by atoms with Crippen molar-refractivity contribution in [3.63, 3.8) is 0 Å². The summed E-state index contributed by atoms with van der Waals surface area (Å²) in [6, 6.07) is 25.2. The highest BCUT2D eigenvalue weighted by Gasteiger charge is 2.31. The molecule has 0 radical (unpaired) electrons. The molecule has 0 saturated carbocycles. The largest absolute Gasteiger partial charge is 1.00 e. The molecule has 0 spiro atoms. The van der Waals surface area contributed by atoms with Crippen LogP contribution in [0, 0.1) is 0 Å². The fourth-order valence-corrected chi connectivity index (χ4v) is 6.05. The maximum atomic E-state index is 13.5. The first-order chi connectivity index (χ1) is 17.2. The minimum absolute atomic E-state index is 0. The number of hydrogen-bond acceptors (Lipinski definition) is 5. The van der Waals surface area contributed by atoms with Gasteiger partial charge in [-0.3, -0.25) is 9.59 Å². The number of benzene rings is 2. The molecule has 2 aromatic heterocycles. The summed E-state index contributed by atoms with van der Waals surface area (Å²) >= 11 is 3.10. The summed E-state index contributed by atoms with van der Waals surface area (Å²) < 4.78 is 8.23. The van der Waals surface area contributed by atoms with E-state index in [9.17, 15) is 9.59 Å². The highest BCUT2D eigenvalue weighted by Crippen LogP contribution is 2.38. The lowest BCUT2D eigenvalue weighted by atomic mass is 10.0. The third kappa shape index (κ3) is 7.15. The van der Waals surface area contributed by atoms with Gasteiger partial charge in [-0.05, 0) is 12.5 Å². The average Bonchev–Trinajstić information content (AvgIpc) is 3.25. The number of aromatic nitrogens is 1. The molecule has 0 fully saturated rings. The number of ketones is 1. The van der Waals surface area contributed by atoms with Crippen molar-refractivity contribution < 1.29 is 42.9 Å². The van der Waals surface area contributed by atoms with Gasteiger partial charge in [-0.25, -0.2) is 0 Å². The summed E-state index contributed by atoms with van der Waals surface area (Å²) in [6.07, 6.45) is 8.12. The van der Waals surface area contributed by atoms with Crippen LogP contribution in [0.1, 0.15) is 33.3 Å². The van der Waals surface area contributed by atoms with E-state index in [-0.39, 0.29) is 42.2 Å². The molecule has 4 rings (SSSR count). The van der Waals surface area contributed by atoms with E-state index in [1.807, 2.05) is 71.6 Å². The molecule has 2 aromatic carbocycles. The Kier molecular flexibility index (Phi) is 10.9. The summed E-state index contributed by atoms with van der Waals surface area (Å²) in [7, 11) is 0. The molecule has 36 heavy (non-hydrogen) atoms. The number of ether oxygens (including phenoxy) is 1. The fourth-order valence-electron chi connectivity index (χ4n) is 3.64. The fraction of sp³-hybridized carbons (Fsp3) is 0.138. The lowest BCUT2D eigenvalue weighted by molar-refractivity contribution is -0.598. The zero-order valence-electron chi connectivity index (χ0n) is 19.8. The molecule has 0 unspecified atom stereocenters. The SMILES string of the molecule is CCOC(=O)Cc1c(C(=O)c2ccccc2)sc(SC/C=C/c2ccccc2)c1-[n+]1ccccc1.[I-]. The van der Waals surface area contributed by atoms with Crippen molar-refractivity contribution in [2.45, 2.75) is 17.6 Å². The molecule has 0 bridgehead atoms. The number of hydrogen-bond donors (Lipinski definition) is 0. The number of rotatable bonds is 10. The van der Waals surface area contributed by atoms with E-state index < -0.39 is 0 Å².